The third kappa shape index (κ3) is 3.83. The fourth-order valence-electron chi connectivity index (χ4n) is 3.67. The summed E-state index contributed by atoms with van der Waals surface area (Å²) in [4.78, 5) is 25.8. The Bertz CT molecular complexity index is 1380. The van der Waals surface area contributed by atoms with Gasteiger partial charge in [-0.25, -0.2) is 9.80 Å². The van der Waals surface area contributed by atoms with Crippen molar-refractivity contribution in [1.29, 1.82) is 0 Å². The number of rotatable bonds is 5. The van der Waals surface area contributed by atoms with Gasteiger partial charge < -0.3 is 13.6 Å². The summed E-state index contributed by atoms with van der Waals surface area (Å²) in [7, 11) is 0. The molecule has 1 aromatic carbocycles. The molecule has 7 nitrogen and oxygen atoms in total. The Labute approximate surface area is 191 Å². The Morgan fingerprint density at radius 1 is 1.31 bits per heavy atom. The van der Waals surface area contributed by atoms with E-state index in [9.17, 15) is 9.59 Å². The van der Waals surface area contributed by atoms with E-state index in [4.69, 9.17) is 25.2 Å². The summed E-state index contributed by atoms with van der Waals surface area (Å²) in [6.45, 7) is 1.52. The molecule has 162 valence electrons. The highest BCUT2D eigenvalue weighted by molar-refractivity contribution is 7.10. The van der Waals surface area contributed by atoms with Crippen molar-refractivity contribution >= 4 is 45.5 Å². The number of carbonyl (C=O) groups is 1. The van der Waals surface area contributed by atoms with Crippen LogP contribution in [0.4, 0.5) is 0 Å². The minimum absolute atomic E-state index is 0.237. The van der Waals surface area contributed by atoms with Crippen LogP contribution in [0, 0.1) is 6.92 Å². The molecule has 0 saturated carbocycles. The van der Waals surface area contributed by atoms with Crippen molar-refractivity contribution in [2.75, 3.05) is 6.61 Å². The van der Waals surface area contributed by atoms with Crippen molar-refractivity contribution in [2.24, 2.45) is 5.10 Å². The normalized spacial score (nSPS) is 15.9. The van der Waals surface area contributed by atoms with Crippen LogP contribution in [0.1, 0.15) is 28.7 Å². The molecule has 1 aliphatic rings. The Balaban J connectivity index is 1.39. The van der Waals surface area contributed by atoms with E-state index in [0.717, 1.165) is 10.4 Å². The van der Waals surface area contributed by atoms with Crippen LogP contribution in [0.5, 0.6) is 5.75 Å². The summed E-state index contributed by atoms with van der Waals surface area (Å²) in [5.74, 6) is 0.556. The maximum Gasteiger partial charge on any atom is 0.336 e. The maximum atomic E-state index is 13.1. The topological polar surface area (TPSA) is 85.2 Å². The van der Waals surface area contributed by atoms with Gasteiger partial charge in [0.05, 0.1) is 17.3 Å². The number of benzene rings is 1. The van der Waals surface area contributed by atoms with Crippen molar-refractivity contribution in [1.82, 2.24) is 5.01 Å². The number of nitrogens with zero attached hydrogens (tertiary/aromatic N) is 2. The average Bonchev–Trinajstić information content (AvgIpc) is 3.53. The number of thiophene rings is 1. The molecule has 1 atom stereocenters. The summed E-state index contributed by atoms with van der Waals surface area (Å²) < 4.78 is 16.4. The molecular weight excluding hydrogens is 452 g/mol. The molecule has 9 heteroatoms. The van der Waals surface area contributed by atoms with Gasteiger partial charge in [0.1, 0.15) is 22.8 Å². The van der Waals surface area contributed by atoms with Gasteiger partial charge >= 0.3 is 5.63 Å². The number of fused-ring (bicyclic) bond motifs is 1. The summed E-state index contributed by atoms with van der Waals surface area (Å²) in [5, 5.41) is 8.94. The second kappa shape index (κ2) is 8.29. The number of ether oxygens (including phenoxy) is 1. The first-order valence-electron chi connectivity index (χ1n) is 9.83. The molecule has 0 saturated heterocycles. The molecule has 0 N–H and O–H groups in total. The predicted molar refractivity (Wildman–Crippen MR) is 121 cm³/mol. The van der Waals surface area contributed by atoms with Gasteiger partial charge in [0.25, 0.3) is 5.91 Å². The first-order chi connectivity index (χ1) is 15.5. The molecular formula is C23H17ClN2O5S. The second-order valence-electron chi connectivity index (χ2n) is 7.31. The molecule has 32 heavy (non-hydrogen) atoms. The van der Waals surface area contributed by atoms with Crippen molar-refractivity contribution < 1.29 is 18.4 Å². The molecule has 1 amide bonds. The van der Waals surface area contributed by atoms with E-state index < -0.39 is 5.63 Å². The number of carbonyl (C=O) groups excluding carboxylic acids is 1. The van der Waals surface area contributed by atoms with Crippen LogP contribution in [-0.4, -0.2) is 23.2 Å². The minimum Gasteiger partial charge on any atom is -0.482 e. The summed E-state index contributed by atoms with van der Waals surface area (Å²) in [6, 6.07) is 11.9. The fourth-order valence-corrected chi connectivity index (χ4v) is 4.70. The Morgan fingerprint density at radius 3 is 2.94 bits per heavy atom. The number of hydrogen-bond acceptors (Lipinski definition) is 7. The van der Waals surface area contributed by atoms with Crippen LogP contribution in [-0.2, 0) is 4.79 Å². The Kier molecular flexibility index (Phi) is 5.32. The maximum absolute atomic E-state index is 13.1. The highest BCUT2D eigenvalue weighted by atomic mass is 35.5. The van der Waals surface area contributed by atoms with Gasteiger partial charge in [0.15, 0.2) is 6.61 Å². The number of hydrazone groups is 1. The quantitative estimate of drug-likeness (QED) is 0.377. The lowest BCUT2D eigenvalue weighted by atomic mass is 10.1. The third-order valence-corrected chi connectivity index (χ3v) is 6.47. The van der Waals surface area contributed by atoms with Crippen LogP contribution in [0.15, 0.2) is 72.8 Å². The summed E-state index contributed by atoms with van der Waals surface area (Å²) >= 11 is 7.91. The molecule has 4 heterocycles. The van der Waals surface area contributed by atoms with E-state index >= 15 is 0 Å². The first kappa shape index (κ1) is 20.5. The van der Waals surface area contributed by atoms with E-state index in [-0.39, 0.29) is 24.3 Å². The van der Waals surface area contributed by atoms with Crippen molar-refractivity contribution in [3.05, 3.63) is 85.8 Å². The number of hydrogen-bond donors (Lipinski definition) is 0. The molecule has 0 bridgehead atoms. The van der Waals surface area contributed by atoms with Crippen LogP contribution >= 0.6 is 22.9 Å². The number of furan rings is 1. The van der Waals surface area contributed by atoms with Crippen molar-refractivity contribution in [2.45, 2.75) is 19.4 Å². The van der Waals surface area contributed by atoms with E-state index in [0.29, 0.717) is 33.9 Å². The lowest BCUT2D eigenvalue weighted by Crippen LogP contribution is -2.31. The molecule has 0 fully saturated rings. The summed E-state index contributed by atoms with van der Waals surface area (Å²) in [5.41, 5.74) is 1.33. The highest BCUT2D eigenvalue weighted by Crippen LogP contribution is 2.36. The standard InChI is InChI=1S/C23H17ClN2O5S/c1-13-8-23(28)31-19-11-20(15(24)9-14(13)19)30-12-22(27)26-17(21-5-3-7-32-21)10-16(25-26)18-4-2-6-29-18/h2-9,11,17H,10,12H2,1H3. The molecule has 0 radical (unpaired) electrons. The Hall–Kier alpha value is -3.36. The number of aryl methyl sites for hydroxylation is 1. The Morgan fingerprint density at radius 2 is 2.19 bits per heavy atom. The zero-order valence-electron chi connectivity index (χ0n) is 16.9. The SMILES string of the molecule is Cc1cc(=O)oc2cc(OCC(=O)N3N=C(c4ccco4)CC3c3cccs3)c(Cl)cc12. The zero-order valence-corrected chi connectivity index (χ0v) is 18.5. The zero-order chi connectivity index (χ0) is 22.2. The monoisotopic (exact) mass is 468 g/mol. The van der Waals surface area contributed by atoms with Gasteiger partial charge in [-0.3, -0.25) is 4.79 Å². The molecule has 3 aromatic heterocycles. The van der Waals surface area contributed by atoms with Gasteiger partial charge in [0.2, 0.25) is 0 Å². The van der Waals surface area contributed by atoms with Gasteiger partial charge in [0, 0.05) is 28.8 Å². The molecule has 0 aliphatic carbocycles. The van der Waals surface area contributed by atoms with E-state index in [1.54, 1.807) is 36.7 Å². The van der Waals surface area contributed by atoms with Crippen LogP contribution < -0.4 is 10.4 Å². The van der Waals surface area contributed by atoms with E-state index in [2.05, 4.69) is 5.10 Å². The number of amides is 1. The highest BCUT2D eigenvalue weighted by Gasteiger charge is 2.34. The van der Waals surface area contributed by atoms with Gasteiger partial charge in [-0.05, 0) is 42.1 Å². The molecule has 4 aromatic rings. The van der Waals surface area contributed by atoms with E-state index in [1.807, 2.05) is 23.6 Å². The lowest BCUT2D eigenvalue weighted by Gasteiger charge is -2.21. The van der Waals surface area contributed by atoms with E-state index in [1.165, 1.54) is 17.1 Å². The third-order valence-electron chi connectivity index (χ3n) is 5.20. The van der Waals surface area contributed by atoms with Crippen LogP contribution in [0.25, 0.3) is 11.0 Å². The van der Waals surface area contributed by atoms with Crippen LogP contribution in [0.2, 0.25) is 5.02 Å². The first-order valence-corrected chi connectivity index (χ1v) is 11.1. The predicted octanol–water partition coefficient (Wildman–Crippen LogP) is 5.17. The number of halogens is 1. The molecule has 0 spiro atoms. The van der Waals surface area contributed by atoms with Gasteiger partial charge in [-0.2, -0.15) is 5.10 Å². The molecule has 1 aliphatic heterocycles. The van der Waals surface area contributed by atoms with Gasteiger partial charge in [-0.1, -0.05) is 17.7 Å². The van der Waals surface area contributed by atoms with Crippen molar-refractivity contribution in [3.63, 3.8) is 0 Å². The lowest BCUT2D eigenvalue weighted by molar-refractivity contribution is -0.135. The smallest absolute Gasteiger partial charge is 0.336 e. The summed E-state index contributed by atoms with van der Waals surface area (Å²) in [6.07, 6.45) is 2.12. The molecule has 5 rings (SSSR count). The fraction of sp³-hybridized carbons (Fsp3) is 0.174. The second-order valence-corrected chi connectivity index (χ2v) is 8.70. The van der Waals surface area contributed by atoms with Crippen LogP contribution in [0.3, 0.4) is 0 Å². The largest absolute Gasteiger partial charge is 0.482 e. The molecule has 1 unspecified atom stereocenters. The van der Waals surface area contributed by atoms with Gasteiger partial charge in [-0.15, -0.1) is 11.3 Å². The van der Waals surface area contributed by atoms with Crippen molar-refractivity contribution in [3.8, 4) is 5.75 Å². The average molecular weight is 469 g/mol. The minimum atomic E-state index is -0.463.